The van der Waals surface area contributed by atoms with Crippen molar-refractivity contribution in [2.24, 2.45) is 5.92 Å². The third kappa shape index (κ3) is 4.47. The molecule has 0 spiro atoms. The van der Waals surface area contributed by atoms with E-state index in [2.05, 4.69) is 19.2 Å². The van der Waals surface area contributed by atoms with Gasteiger partial charge >= 0.3 is 0 Å². The van der Waals surface area contributed by atoms with Crippen LogP contribution in [0.2, 0.25) is 0 Å². The van der Waals surface area contributed by atoms with Crippen LogP contribution < -0.4 is 5.32 Å². The van der Waals surface area contributed by atoms with Gasteiger partial charge in [0.1, 0.15) is 0 Å². The van der Waals surface area contributed by atoms with Crippen LogP contribution >= 0.6 is 11.3 Å². The predicted molar refractivity (Wildman–Crippen MR) is 113 cm³/mol. The Morgan fingerprint density at radius 3 is 2.64 bits per heavy atom. The zero-order chi connectivity index (χ0) is 20.3. The first kappa shape index (κ1) is 21.0. The number of nitrogens with one attached hydrogen (secondary N) is 1. The van der Waals surface area contributed by atoms with E-state index in [0.29, 0.717) is 12.1 Å². The fourth-order valence-electron chi connectivity index (χ4n) is 3.62. The molecule has 0 radical (unpaired) electrons. The van der Waals surface area contributed by atoms with Gasteiger partial charge in [0.05, 0.1) is 10.9 Å². The summed E-state index contributed by atoms with van der Waals surface area (Å²) < 4.78 is 27.7. The first-order valence-electron chi connectivity index (χ1n) is 9.77. The zero-order valence-electron chi connectivity index (χ0n) is 16.6. The number of thiophene rings is 1. The summed E-state index contributed by atoms with van der Waals surface area (Å²) in [5.41, 5.74) is 0.368. The molecule has 0 saturated carbocycles. The molecule has 1 N–H and O–H groups in total. The van der Waals surface area contributed by atoms with Gasteiger partial charge in [-0.2, -0.15) is 4.31 Å². The lowest BCUT2D eigenvalue weighted by Crippen LogP contribution is -2.42. The molecule has 7 heteroatoms. The first-order chi connectivity index (χ1) is 13.3. The van der Waals surface area contributed by atoms with Crippen molar-refractivity contribution in [3.05, 3.63) is 52.2 Å². The van der Waals surface area contributed by atoms with Crippen molar-refractivity contribution in [2.45, 2.75) is 57.0 Å². The number of carbonyl (C=O) groups excluding carboxylic acids is 1. The molecule has 5 nitrogen and oxygen atoms in total. The van der Waals surface area contributed by atoms with Gasteiger partial charge in [0.25, 0.3) is 5.91 Å². The summed E-state index contributed by atoms with van der Waals surface area (Å²) >= 11 is 1.61. The smallest absolute Gasteiger partial charge is 0.251 e. The lowest BCUT2D eigenvalue weighted by atomic mass is 10.0. The van der Waals surface area contributed by atoms with Gasteiger partial charge in [-0.1, -0.05) is 32.4 Å². The Balaban J connectivity index is 1.83. The third-order valence-electron chi connectivity index (χ3n) is 5.25. The molecule has 1 aliphatic heterocycles. The number of carbonyl (C=O) groups is 1. The SMILES string of the molecule is CC(C)[C@@H](NC(=O)c1cccc(S(=O)(=O)N2CCCC[C@H]2C)c1)c1cccs1. The molecule has 1 amide bonds. The summed E-state index contributed by atoms with van der Waals surface area (Å²) in [6.45, 7) is 6.60. The monoisotopic (exact) mass is 420 g/mol. The number of hydrogen-bond donors (Lipinski definition) is 1. The van der Waals surface area contributed by atoms with Crippen molar-refractivity contribution < 1.29 is 13.2 Å². The number of benzene rings is 1. The minimum Gasteiger partial charge on any atom is -0.344 e. The van der Waals surface area contributed by atoms with E-state index in [-0.39, 0.29) is 28.8 Å². The molecule has 1 aromatic heterocycles. The van der Waals surface area contributed by atoms with Crippen LogP contribution in [-0.4, -0.2) is 31.2 Å². The van der Waals surface area contributed by atoms with Crippen molar-refractivity contribution in [1.29, 1.82) is 0 Å². The van der Waals surface area contributed by atoms with Crippen molar-refractivity contribution >= 4 is 27.3 Å². The lowest BCUT2D eigenvalue weighted by Gasteiger charge is -2.32. The molecule has 0 unspecified atom stereocenters. The third-order valence-corrected chi connectivity index (χ3v) is 8.21. The fourth-order valence-corrected chi connectivity index (χ4v) is 6.32. The van der Waals surface area contributed by atoms with Gasteiger partial charge in [-0.25, -0.2) is 8.42 Å². The Labute approximate surface area is 171 Å². The average Bonchev–Trinajstić information content (AvgIpc) is 3.20. The molecule has 1 aromatic carbocycles. The van der Waals surface area contributed by atoms with Crippen molar-refractivity contribution in [3.63, 3.8) is 0 Å². The first-order valence-corrected chi connectivity index (χ1v) is 12.1. The largest absolute Gasteiger partial charge is 0.344 e. The molecule has 1 fully saturated rings. The second kappa shape index (κ2) is 8.76. The molecular formula is C21H28N2O3S2. The molecule has 2 heterocycles. The van der Waals surface area contributed by atoms with E-state index < -0.39 is 10.0 Å². The van der Waals surface area contributed by atoms with E-state index in [0.717, 1.165) is 24.1 Å². The summed E-state index contributed by atoms with van der Waals surface area (Å²) in [5, 5.41) is 5.06. The summed E-state index contributed by atoms with van der Waals surface area (Å²) in [6, 6.07) is 10.2. The minimum atomic E-state index is -3.60. The molecule has 0 bridgehead atoms. The predicted octanol–water partition coefficient (Wildman–Crippen LogP) is 4.44. The molecular weight excluding hydrogens is 392 g/mol. The maximum atomic E-state index is 13.1. The van der Waals surface area contributed by atoms with Crippen molar-refractivity contribution in [3.8, 4) is 0 Å². The van der Waals surface area contributed by atoms with Gasteiger partial charge in [0, 0.05) is 23.0 Å². The lowest BCUT2D eigenvalue weighted by molar-refractivity contribution is 0.0926. The van der Waals surface area contributed by atoms with Crippen LogP contribution in [-0.2, 0) is 10.0 Å². The number of rotatable bonds is 6. The second-order valence-corrected chi connectivity index (χ2v) is 10.6. The molecule has 152 valence electrons. The summed E-state index contributed by atoms with van der Waals surface area (Å²) in [7, 11) is -3.60. The summed E-state index contributed by atoms with van der Waals surface area (Å²) in [4.78, 5) is 14.1. The van der Waals surface area contributed by atoms with Crippen LogP contribution in [0.3, 0.4) is 0 Å². The second-order valence-electron chi connectivity index (χ2n) is 7.70. The highest BCUT2D eigenvalue weighted by Crippen LogP contribution is 2.28. The molecule has 2 aromatic rings. The Kier molecular flexibility index (Phi) is 6.58. The quantitative estimate of drug-likeness (QED) is 0.751. The van der Waals surface area contributed by atoms with E-state index >= 15 is 0 Å². The topological polar surface area (TPSA) is 66.5 Å². The van der Waals surface area contributed by atoms with Crippen LogP contribution in [0.1, 0.15) is 61.3 Å². The van der Waals surface area contributed by atoms with Gasteiger partial charge < -0.3 is 5.32 Å². The van der Waals surface area contributed by atoms with E-state index in [9.17, 15) is 13.2 Å². The Hall–Kier alpha value is -1.70. The van der Waals surface area contributed by atoms with Gasteiger partial charge in [-0.05, 0) is 55.3 Å². The molecule has 28 heavy (non-hydrogen) atoms. The standard InChI is InChI=1S/C21H28N2O3S2/c1-15(2)20(19-11-7-13-27-19)22-21(24)17-9-6-10-18(14-17)28(25,26)23-12-5-4-8-16(23)3/h6-7,9-11,13-16,20H,4-5,8,12H2,1-3H3,(H,22,24)/t16-,20-/m1/s1. The molecule has 1 saturated heterocycles. The maximum absolute atomic E-state index is 13.1. The van der Waals surface area contributed by atoms with Crippen LogP contribution in [0.5, 0.6) is 0 Å². The zero-order valence-corrected chi connectivity index (χ0v) is 18.2. The highest BCUT2D eigenvalue weighted by Gasteiger charge is 2.31. The molecule has 2 atom stereocenters. The van der Waals surface area contributed by atoms with Crippen molar-refractivity contribution in [2.75, 3.05) is 6.54 Å². The number of nitrogens with zero attached hydrogens (tertiary/aromatic N) is 1. The van der Waals surface area contributed by atoms with Crippen molar-refractivity contribution in [1.82, 2.24) is 9.62 Å². The summed E-state index contributed by atoms with van der Waals surface area (Å²) in [6.07, 6.45) is 2.80. The van der Waals surface area contributed by atoms with Crippen LogP contribution in [0.15, 0.2) is 46.7 Å². The molecule has 0 aliphatic carbocycles. The van der Waals surface area contributed by atoms with Crippen LogP contribution in [0, 0.1) is 5.92 Å². The molecule has 3 rings (SSSR count). The van der Waals surface area contributed by atoms with Crippen LogP contribution in [0.25, 0.3) is 0 Å². The average molecular weight is 421 g/mol. The van der Waals surface area contributed by atoms with Gasteiger partial charge in [0.15, 0.2) is 0 Å². The van der Waals surface area contributed by atoms with Gasteiger partial charge in [0.2, 0.25) is 10.0 Å². The van der Waals surface area contributed by atoms with E-state index in [4.69, 9.17) is 0 Å². The highest BCUT2D eigenvalue weighted by atomic mass is 32.2. The number of hydrogen-bond acceptors (Lipinski definition) is 4. The Morgan fingerprint density at radius 2 is 2.00 bits per heavy atom. The number of sulfonamides is 1. The van der Waals surface area contributed by atoms with Gasteiger partial charge in [-0.15, -0.1) is 11.3 Å². The summed E-state index contributed by atoms with van der Waals surface area (Å²) in [5.74, 6) is -0.0282. The van der Waals surface area contributed by atoms with Crippen LogP contribution in [0.4, 0.5) is 0 Å². The Morgan fingerprint density at radius 1 is 1.21 bits per heavy atom. The van der Waals surface area contributed by atoms with E-state index in [1.54, 1.807) is 33.8 Å². The minimum absolute atomic E-state index is 0.0135. The Bertz CT molecular complexity index is 907. The number of amides is 1. The van der Waals surface area contributed by atoms with Gasteiger partial charge in [-0.3, -0.25) is 4.79 Å². The van der Waals surface area contributed by atoms with E-state index in [1.807, 2.05) is 24.4 Å². The maximum Gasteiger partial charge on any atom is 0.251 e. The fraction of sp³-hybridized carbons (Fsp3) is 0.476. The normalized spacial score (nSPS) is 19.5. The number of piperidine rings is 1. The molecule has 1 aliphatic rings. The van der Waals surface area contributed by atoms with E-state index in [1.165, 1.54) is 6.07 Å². The highest BCUT2D eigenvalue weighted by molar-refractivity contribution is 7.89.